The second-order valence-electron chi connectivity index (χ2n) is 6.33. The summed E-state index contributed by atoms with van der Waals surface area (Å²) in [6.45, 7) is 6.24. The molecule has 1 aromatic rings. The van der Waals surface area contributed by atoms with Crippen molar-refractivity contribution in [3.05, 3.63) is 46.5 Å². The second-order valence-corrected chi connectivity index (χ2v) is 7.25. The lowest BCUT2D eigenvalue weighted by atomic mass is 9.90. The van der Waals surface area contributed by atoms with Crippen LogP contribution in [0.3, 0.4) is 0 Å². The van der Waals surface area contributed by atoms with Crippen LogP contribution >= 0.6 is 15.9 Å². The lowest BCUT2D eigenvalue weighted by molar-refractivity contribution is 0.344. The van der Waals surface area contributed by atoms with Crippen LogP contribution in [-0.4, -0.2) is 43.0 Å². The molecule has 2 N–H and O–H groups in total. The molecule has 4 rings (SSSR count). The number of amidine groups is 1. The molecule has 0 saturated carbocycles. The molecular formula is C18H21BrN4. The number of halogens is 1. The zero-order valence-electron chi connectivity index (χ0n) is 13.2. The first-order valence-corrected chi connectivity index (χ1v) is 8.97. The Hall–Kier alpha value is -1.59. The maximum atomic E-state index is 5.09. The Labute approximate surface area is 145 Å². The molecule has 2 atom stereocenters. The van der Waals surface area contributed by atoms with E-state index in [1.54, 1.807) is 0 Å². The van der Waals surface area contributed by atoms with Crippen molar-refractivity contribution in [2.75, 3.05) is 31.5 Å². The van der Waals surface area contributed by atoms with Gasteiger partial charge >= 0.3 is 0 Å². The minimum Gasteiger partial charge on any atom is -0.376 e. The summed E-state index contributed by atoms with van der Waals surface area (Å²) in [4.78, 5) is 7.53. The third-order valence-electron chi connectivity index (χ3n) is 4.65. The average Bonchev–Trinajstić information content (AvgIpc) is 2.72. The van der Waals surface area contributed by atoms with Gasteiger partial charge < -0.3 is 15.5 Å². The van der Waals surface area contributed by atoms with Crippen LogP contribution in [0.1, 0.15) is 6.92 Å². The summed E-state index contributed by atoms with van der Waals surface area (Å²) >= 11 is 3.57. The number of piperazine rings is 1. The summed E-state index contributed by atoms with van der Waals surface area (Å²) in [6.07, 6.45) is 6.82. The molecule has 23 heavy (non-hydrogen) atoms. The molecule has 3 aliphatic rings. The van der Waals surface area contributed by atoms with Crippen molar-refractivity contribution in [1.29, 1.82) is 0 Å². The first-order chi connectivity index (χ1) is 11.2. The first-order valence-electron chi connectivity index (χ1n) is 8.18. The Morgan fingerprint density at radius 3 is 2.91 bits per heavy atom. The van der Waals surface area contributed by atoms with E-state index in [1.165, 1.54) is 11.4 Å². The Morgan fingerprint density at radius 2 is 2.09 bits per heavy atom. The highest BCUT2D eigenvalue weighted by Gasteiger charge is 2.32. The van der Waals surface area contributed by atoms with Crippen LogP contribution in [0.2, 0.25) is 0 Å². The number of hydrogen-bond donors (Lipinski definition) is 2. The van der Waals surface area contributed by atoms with E-state index in [0.29, 0.717) is 0 Å². The van der Waals surface area contributed by atoms with Gasteiger partial charge in [-0.25, -0.2) is 4.99 Å². The SMILES string of the molecule is CC1=CC2C(N3CCNCC3)=Nc3cc(Br)ccc3NC2C=C1. The van der Waals surface area contributed by atoms with E-state index in [2.05, 4.69) is 74.8 Å². The van der Waals surface area contributed by atoms with E-state index in [0.717, 1.165) is 42.0 Å². The van der Waals surface area contributed by atoms with Crippen molar-refractivity contribution < 1.29 is 0 Å². The summed E-state index contributed by atoms with van der Waals surface area (Å²) in [5, 5.41) is 7.10. The second kappa shape index (κ2) is 6.13. The van der Waals surface area contributed by atoms with Crippen LogP contribution in [0, 0.1) is 5.92 Å². The van der Waals surface area contributed by atoms with Gasteiger partial charge in [0.05, 0.1) is 23.3 Å². The highest BCUT2D eigenvalue weighted by Crippen LogP contribution is 2.36. The molecular weight excluding hydrogens is 352 g/mol. The fourth-order valence-corrected chi connectivity index (χ4v) is 3.81. The summed E-state index contributed by atoms with van der Waals surface area (Å²) in [7, 11) is 0. The van der Waals surface area contributed by atoms with Gasteiger partial charge in [0, 0.05) is 30.7 Å². The van der Waals surface area contributed by atoms with Crippen molar-refractivity contribution >= 4 is 33.1 Å². The third-order valence-corrected chi connectivity index (χ3v) is 5.15. The van der Waals surface area contributed by atoms with Gasteiger partial charge in [-0.15, -0.1) is 0 Å². The van der Waals surface area contributed by atoms with Crippen molar-refractivity contribution in [3.63, 3.8) is 0 Å². The average molecular weight is 373 g/mol. The highest BCUT2D eigenvalue weighted by molar-refractivity contribution is 9.10. The predicted molar refractivity (Wildman–Crippen MR) is 99.5 cm³/mol. The van der Waals surface area contributed by atoms with Gasteiger partial charge in [0.1, 0.15) is 5.84 Å². The molecule has 1 aromatic carbocycles. The summed E-state index contributed by atoms with van der Waals surface area (Å²) in [6, 6.07) is 6.54. The number of rotatable bonds is 0. The van der Waals surface area contributed by atoms with E-state index < -0.39 is 0 Å². The molecule has 2 heterocycles. The maximum Gasteiger partial charge on any atom is 0.114 e. The predicted octanol–water partition coefficient (Wildman–Crippen LogP) is 3.31. The van der Waals surface area contributed by atoms with E-state index in [4.69, 9.17) is 4.99 Å². The van der Waals surface area contributed by atoms with Gasteiger partial charge in [-0.2, -0.15) is 0 Å². The highest BCUT2D eigenvalue weighted by atomic mass is 79.9. The monoisotopic (exact) mass is 372 g/mol. The molecule has 5 heteroatoms. The summed E-state index contributed by atoms with van der Waals surface area (Å²) in [5.74, 6) is 1.47. The fraction of sp³-hybridized carbons (Fsp3) is 0.389. The van der Waals surface area contributed by atoms with Gasteiger partial charge in [0.2, 0.25) is 0 Å². The quantitative estimate of drug-likeness (QED) is 0.733. The first kappa shape index (κ1) is 15.0. The fourth-order valence-electron chi connectivity index (χ4n) is 3.46. The number of fused-ring (bicyclic) bond motifs is 2. The van der Waals surface area contributed by atoms with Gasteiger partial charge in [0.15, 0.2) is 0 Å². The molecule has 120 valence electrons. The largest absolute Gasteiger partial charge is 0.376 e. The maximum absolute atomic E-state index is 5.09. The van der Waals surface area contributed by atoms with E-state index in [-0.39, 0.29) is 12.0 Å². The number of hydrogen-bond acceptors (Lipinski definition) is 4. The van der Waals surface area contributed by atoms with E-state index in [1.807, 2.05) is 0 Å². The minimum atomic E-state index is 0.259. The molecule has 0 spiro atoms. The van der Waals surface area contributed by atoms with Gasteiger partial charge in [0.25, 0.3) is 0 Å². The van der Waals surface area contributed by atoms with Crippen molar-refractivity contribution in [2.24, 2.45) is 10.9 Å². The summed E-state index contributed by atoms with van der Waals surface area (Å²) in [5.41, 5.74) is 3.43. The Kier molecular flexibility index (Phi) is 3.99. The molecule has 1 aliphatic carbocycles. The molecule has 2 unspecified atom stereocenters. The minimum absolute atomic E-state index is 0.259. The third kappa shape index (κ3) is 2.95. The molecule has 1 fully saturated rings. The lowest BCUT2D eigenvalue weighted by Crippen LogP contribution is -2.50. The van der Waals surface area contributed by atoms with E-state index >= 15 is 0 Å². The molecule has 0 amide bonds. The smallest absolute Gasteiger partial charge is 0.114 e. The normalized spacial score (nSPS) is 26.4. The number of anilines is 1. The van der Waals surface area contributed by atoms with Gasteiger partial charge in [-0.3, -0.25) is 0 Å². The Balaban J connectivity index is 1.81. The van der Waals surface area contributed by atoms with Crippen LogP contribution < -0.4 is 10.6 Å². The van der Waals surface area contributed by atoms with E-state index in [9.17, 15) is 0 Å². The molecule has 0 bridgehead atoms. The Bertz CT molecular complexity index is 701. The van der Waals surface area contributed by atoms with Crippen LogP contribution in [0.25, 0.3) is 0 Å². The topological polar surface area (TPSA) is 39.7 Å². The molecule has 1 saturated heterocycles. The molecule has 4 nitrogen and oxygen atoms in total. The molecule has 2 aliphatic heterocycles. The summed E-state index contributed by atoms with van der Waals surface area (Å²) < 4.78 is 1.06. The molecule has 0 aromatic heterocycles. The van der Waals surface area contributed by atoms with Crippen LogP contribution in [0.4, 0.5) is 11.4 Å². The van der Waals surface area contributed by atoms with Gasteiger partial charge in [-0.05, 0) is 25.1 Å². The van der Waals surface area contributed by atoms with Crippen LogP contribution in [0.15, 0.2) is 51.5 Å². The zero-order chi connectivity index (χ0) is 15.8. The van der Waals surface area contributed by atoms with Crippen molar-refractivity contribution in [3.8, 4) is 0 Å². The number of aliphatic imine (C=N–C) groups is 1. The number of benzene rings is 1. The van der Waals surface area contributed by atoms with Crippen molar-refractivity contribution in [1.82, 2.24) is 10.2 Å². The Morgan fingerprint density at radius 1 is 1.26 bits per heavy atom. The van der Waals surface area contributed by atoms with Crippen LogP contribution in [-0.2, 0) is 0 Å². The number of allylic oxidation sites excluding steroid dienone is 2. The number of nitrogens with one attached hydrogen (secondary N) is 2. The number of nitrogens with zero attached hydrogens (tertiary/aromatic N) is 2. The zero-order valence-corrected chi connectivity index (χ0v) is 14.8. The van der Waals surface area contributed by atoms with Gasteiger partial charge in [-0.1, -0.05) is 39.7 Å². The van der Waals surface area contributed by atoms with Crippen molar-refractivity contribution in [2.45, 2.75) is 13.0 Å². The molecule has 0 radical (unpaired) electrons. The lowest BCUT2D eigenvalue weighted by Gasteiger charge is -2.35. The standard InChI is InChI=1S/C18H21BrN4/c1-12-2-4-15-14(10-12)18(23-8-6-20-7-9-23)22-17-11-13(19)3-5-16(17)21-15/h2-5,10-11,14-15,20-21H,6-9H2,1H3. The van der Waals surface area contributed by atoms with Crippen LogP contribution in [0.5, 0.6) is 0 Å².